The van der Waals surface area contributed by atoms with Crippen LogP contribution in [0.1, 0.15) is 34.7 Å². The number of hydrogen-bond donors (Lipinski definition) is 1. The van der Waals surface area contributed by atoms with E-state index in [2.05, 4.69) is 69.2 Å². The zero-order valence-electron chi connectivity index (χ0n) is 20.0. The van der Waals surface area contributed by atoms with Gasteiger partial charge in [-0.2, -0.15) is 0 Å². The molecule has 1 saturated heterocycles. The molecule has 1 aliphatic heterocycles. The molecule has 0 unspecified atom stereocenters. The molecule has 0 saturated carbocycles. The summed E-state index contributed by atoms with van der Waals surface area (Å²) >= 11 is 5.88. The summed E-state index contributed by atoms with van der Waals surface area (Å²) < 4.78 is 13.0. The average molecular weight is 485 g/mol. The zero-order chi connectivity index (χ0) is 24.4. The first kappa shape index (κ1) is 22.9. The third-order valence-electron chi connectivity index (χ3n) is 6.45. The number of thiocarbonyl (C=S) groups is 1. The number of ether oxygens (including phenoxy) is 2. The molecule has 1 aliphatic rings. The Hall–Kier alpha value is -3.84. The fourth-order valence-corrected chi connectivity index (χ4v) is 5.00. The molecule has 178 valence electrons. The van der Waals surface area contributed by atoms with Crippen LogP contribution in [-0.2, 0) is 6.54 Å². The van der Waals surface area contributed by atoms with Crippen molar-refractivity contribution in [3.8, 4) is 17.2 Å². The van der Waals surface area contributed by atoms with Crippen molar-refractivity contribution in [3.05, 3.63) is 108 Å². The first-order valence-electron chi connectivity index (χ1n) is 11.5. The maximum atomic E-state index is 5.88. The molecule has 35 heavy (non-hydrogen) atoms. The van der Waals surface area contributed by atoms with Crippen LogP contribution >= 0.6 is 12.2 Å². The van der Waals surface area contributed by atoms with Gasteiger partial charge in [0, 0.05) is 29.8 Å². The fraction of sp³-hybridized carbons (Fsp3) is 0.214. The second-order valence-corrected chi connectivity index (χ2v) is 8.92. The van der Waals surface area contributed by atoms with Crippen LogP contribution in [0.5, 0.6) is 11.5 Å². The van der Waals surface area contributed by atoms with E-state index in [1.807, 2.05) is 42.6 Å². The van der Waals surface area contributed by atoms with E-state index in [1.165, 1.54) is 0 Å². The molecule has 2 aromatic carbocycles. The standard InChI is InChI=1S/C28H28N4O2S/c1-19-7-16-25(32(19)21-10-14-23(34-3)15-11-21)27-26(24-6-4-5-17-29-24)30-28(35)31(27)18-20-8-12-22(33-2)13-9-20/h4-17,26-27H,18H2,1-3H3,(H,30,35)/t26-,27+/m0/s1. The van der Waals surface area contributed by atoms with Crippen LogP contribution in [0.2, 0.25) is 0 Å². The molecule has 6 nitrogen and oxygen atoms in total. The average Bonchev–Trinajstić information content (AvgIpc) is 3.44. The van der Waals surface area contributed by atoms with Crippen molar-refractivity contribution in [2.75, 3.05) is 14.2 Å². The predicted molar refractivity (Wildman–Crippen MR) is 141 cm³/mol. The molecule has 0 amide bonds. The Bertz CT molecular complexity index is 1300. The molecule has 5 rings (SSSR count). The fourth-order valence-electron chi connectivity index (χ4n) is 4.70. The van der Waals surface area contributed by atoms with Gasteiger partial charge in [-0.1, -0.05) is 18.2 Å². The van der Waals surface area contributed by atoms with Crippen molar-refractivity contribution in [3.63, 3.8) is 0 Å². The van der Waals surface area contributed by atoms with Gasteiger partial charge in [-0.05, 0) is 85.4 Å². The summed E-state index contributed by atoms with van der Waals surface area (Å²) in [5.74, 6) is 1.67. The maximum Gasteiger partial charge on any atom is 0.170 e. The highest BCUT2D eigenvalue weighted by Crippen LogP contribution is 2.41. The van der Waals surface area contributed by atoms with Gasteiger partial charge < -0.3 is 24.3 Å². The van der Waals surface area contributed by atoms with Crippen LogP contribution in [0.25, 0.3) is 5.69 Å². The van der Waals surface area contributed by atoms with Crippen LogP contribution in [0, 0.1) is 6.92 Å². The maximum absolute atomic E-state index is 5.88. The topological polar surface area (TPSA) is 51.5 Å². The van der Waals surface area contributed by atoms with Gasteiger partial charge in [0.05, 0.1) is 32.0 Å². The minimum Gasteiger partial charge on any atom is -0.497 e. The quantitative estimate of drug-likeness (QED) is 0.356. The molecular weight excluding hydrogens is 456 g/mol. The van der Waals surface area contributed by atoms with E-state index in [0.717, 1.165) is 39.8 Å². The Morgan fingerprint density at radius 1 is 0.886 bits per heavy atom. The van der Waals surface area contributed by atoms with Gasteiger partial charge in [0.15, 0.2) is 5.11 Å². The Morgan fingerprint density at radius 3 is 2.20 bits per heavy atom. The SMILES string of the molecule is COc1ccc(CN2C(=S)N[C@@H](c3ccccn3)[C@H]2c2ccc(C)n2-c2ccc(OC)cc2)cc1. The molecule has 1 fully saturated rings. The summed E-state index contributed by atoms with van der Waals surface area (Å²) in [5, 5.41) is 4.26. The molecular formula is C28H28N4O2S. The lowest BCUT2D eigenvalue weighted by atomic mass is 10.0. The number of methoxy groups -OCH3 is 2. The van der Waals surface area contributed by atoms with Crippen molar-refractivity contribution < 1.29 is 9.47 Å². The Kier molecular flexibility index (Phi) is 6.42. The zero-order valence-corrected chi connectivity index (χ0v) is 20.8. The van der Waals surface area contributed by atoms with E-state index >= 15 is 0 Å². The highest BCUT2D eigenvalue weighted by molar-refractivity contribution is 7.80. The highest BCUT2D eigenvalue weighted by Gasteiger charge is 2.41. The first-order chi connectivity index (χ1) is 17.1. The molecule has 0 bridgehead atoms. The molecule has 1 N–H and O–H groups in total. The van der Waals surface area contributed by atoms with Gasteiger partial charge in [-0.3, -0.25) is 4.98 Å². The molecule has 4 aromatic rings. The summed E-state index contributed by atoms with van der Waals surface area (Å²) in [6.45, 7) is 2.79. The summed E-state index contributed by atoms with van der Waals surface area (Å²) in [5.41, 5.74) is 5.47. The number of rotatable bonds is 7. The lowest BCUT2D eigenvalue weighted by Gasteiger charge is -2.29. The third-order valence-corrected chi connectivity index (χ3v) is 6.80. The molecule has 0 aliphatic carbocycles. The molecule has 0 spiro atoms. The number of nitrogens with zero attached hydrogens (tertiary/aromatic N) is 3. The number of benzene rings is 2. The van der Waals surface area contributed by atoms with Crippen molar-refractivity contribution in [2.24, 2.45) is 0 Å². The van der Waals surface area contributed by atoms with Crippen molar-refractivity contribution in [1.29, 1.82) is 0 Å². The van der Waals surface area contributed by atoms with Crippen molar-refractivity contribution in [2.45, 2.75) is 25.6 Å². The van der Waals surface area contributed by atoms with E-state index < -0.39 is 0 Å². The minimum atomic E-state index is -0.0896. The number of pyridine rings is 1. The van der Waals surface area contributed by atoms with Crippen molar-refractivity contribution in [1.82, 2.24) is 19.8 Å². The molecule has 7 heteroatoms. The van der Waals surface area contributed by atoms with Crippen LogP contribution in [0.4, 0.5) is 0 Å². The smallest absolute Gasteiger partial charge is 0.170 e. The van der Waals surface area contributed by atoms with Gasteiger partial charge in [-0.25, -0.2) is 0 Å². The Balaban J connectivity index is 1.59. The molecule has 3 heterocycles. The van der Waals surface area contributed by atoms with Crippen LogP contribution in [-0.4, -0.2) is 33.8 Å². The van der Waals surface area contributed by atoms with Crippen LogP contribution in [0.3, 0.4) is 0 Å². The van der Waals surface area contributed by atoms with E-state index in [1.54, 1.807) is 14.2 Å². The monoisotopic (exact) mass is 484 g/mol. The van der Waals surface area contributed by atoms with Crippen molar-refractivity contribution >= 4 is 17.3 Å². The first-order valence-corrected chi connectivity index (χ1v) is 11.9. The van der Waals surface area contributed by atoms with E-state index in [4.69, 9.17) is 21.7 Å². The molecule has 2 aromatic heterocycles. The number of aryl methyl sites for hydroxylation is 1. The third kappa shape index (κ3) is 4.47. The predicted octanol–water partition coefficient (Wildman–Crippen LogP) is 5.37. The number of nitrogens with one attached hydrogen (secondary N) is 1. The summed E-state index contributed by atoms with van der Waals surface area (Å²) in [7, 11) is 3.36. The summed E-state index contributed by atoms with van der Waals surface area (Å²) in [6, 6.07) is 26.5. The second kappa shape index (κ2) is 9.80. The number of hydrogen-bond acceptors (Lipinski definition) is 4. The van der Waals surface area contributed by atoms with Gasteiger partial charge in [0.2, 0.25) is 0 Å². The lowest BCUT2D eigenvalue weighted by molar-refractivity contribution is 0.302. The van der Waals surface area contributed by atoms with Gasteiger partial charge >= 0.3 is 0 Å². The van der Waals surface area contributed by atoms with Crippen LogP contribution in [0.15, 0.2) is 85.1 Å². The minimum absolute atomic E-state index is 0.0599. The van der Waals surface area contributed by atoms with Crippen LogP contribution < -0.4 is 14.8 Å². The summed E-state index contributed by atoms with van der Waals surface area (Å²) in [4.78, 5) is 6.93. The Labute approximate surface area is 211 Å². The Morgan fingerprint density at radius 2 is 1.57 bits per heavy atom. The second-order valence-electron chi connectivity index (χ2n) is 8.54. The van der Waals surface area contributed by atoms with E-state index in [9.17, 15) is 0 Å². The van der Waals surface area contributed by atoms with Gasteiger partial charge in [0.25, 0.3) is 0 Å². The van der Waals surface area contributed by atoms with Gasteiger partial charge in [0.1, 0.15) is 11.5 Å². The molecule has 0 radical (unpaired) electrons. The largest absolute Gasteiger partial charge is 0.497 e. The lowest BCUT2D eigenvalue weighted by Crippen LogP contribution is -2.30. The molecule has 2 atom stereocenters. The van der Waals surface area contributed by atoms with E-state index in [0.29, 0.717) is 11.7 Å². The summed E-state index contributed by atoms with van der Waals surface area (Å²) in [6.07, 6.45) is 1.83. The van der Waals surface area contributed by atoms with E-state index in [-0.39, 0.29) is 12.1 Å². The highest BCUT2D eigenvalue weighted by atomic mass is 32.1. The number of aromatic nitrogens is 2. The van der Waals surface area contributed by atoms with Gasteiger partial charge in [-0.15, -0.1) is 0 Å². The normalized spacial score (nSPS) is 17.3.